The Balaban J connectivity index is 2.37. The summed E-state index contributed by atoms with van der Waals surface area (Å²) >= 11 is 5.86. The molecule has 21 heavy (non-hydrogen) atoms. The Morgan fingerprint density at radius 1 is 1.19 bits per heavy atom. The maximum Gasteiger partial charge on any atom is 0.314 e. The van der Waals surface area contributed by atoms with Gasteiger partial charge in [0.2, 0.25) is 0 Å². The maximum absolute atomic E-state index is 11.6. The first-order chi connectivity index (χ1) is 9.81. The molecule has 1 rings (SSSR count). The van der Waals surface area contributed by atoms with E-state index in [0.717, 1.165) is 5.56 Å². The number of benzene rings is 1. The van der Waals surface area contributed by atoms with E-state index >= 15 is 0 Å². The van der Waals surface area contributed by atoms with E-state index in [9.17, 15) is 9.59 Å². The zero-order chi connectivity index (χ0) is 15.9. The highest BCUT2D eigenvalue weighted by atomic mass is 35.5. The molecule has 0 atom stereocenters. The number of hydrogen-bond acceptors (Lipinski definition) is 2. The third-order valence-corrected chi connectivity index (χ3v) is 3.42. The molecule has 0 radical (unpaired) electrons. The van der Waals surface area contributed by atoms with Gasteiger partial charge < -0.3 is 15.7 Å². The lowest BCUT2D eigenvalue weighted by atomic mass is 9.85. The summed E-state index contributed by atoms with van der Waals surface area (Å²) in [6.45, 7) is 4.88. The molecule has 0 spiro atoms. The van der Waals surface area contributed by atoms with Crippen LogP contribution < -0.4 is 10.6 Å². The van der Waals surface area contributed by atoms with Crippen LogP contribution in [0.4, 0.5) is 4.79 Å². The quantitative estimate of drug-likeness (QED) is 0.677. The van der Waals surface area contributed by atoms with E-state index in [2.05, 4.69) is 10.6 Å². The Bertz CT molecular complexity index is 486. The van der Waals surface area contributed by atoms with Crippen molar-refractivity contribution < 1.29 is 14.7 Å². The fraction of sp³-hybridized carbons (Fsp3) is 0.467. The van der Waals surface area contributed by atoms with E-state index in [1.807, 2.05) is 38.1 Å². The standard InChI is InChI=1S/C15H21ClN2O3/c1-15(2,11-5-7-12(16)8-6-11)10-18-14(21)17-9-3-4-13(19)20/h5-8H,3-4,9-10H2,1-2H3,(H,19,20)(H2,17,18,21). The van der Waals surface area contributed by atoms with Gasteiger partial charge in [-0.25, -0.2) is 4.79 Å². The average Bonchev–Trinajstić information content (AvgIpc) is 2.42. The van der Waals surface area contributed by atoms with Crippen molar-refractivity contribution in [3.63, 3.8) is 0 Å². The summed E-state index contributed by atoms with van der Waals surface area (Å²) in [6.07, 6.45) is 0.472. The number of nitrogens with one attached hydrogen (secondary N) is 2. The third-order valence-electron chi connectivity index (χ3n) is 3.17. The van der Waals surface area contributed by atoms with Crippen molar-refractivity contribution in [3.05, 3.63) is 34.9 Å². The molecule has 0 fully saturated rings. The number of hydrogen-bond donors (Lipinski definition) is 3. The molecule has 0 unspecified atom stereocenters. The van der Waals surface area contributed by atoms with E-state index in [1.54, 1.807) is 0 Å². The number of rotatable bonds is 7. The normalized spacial score (nSPS) is 11.0. The van der Waals surface area contributed by atoms with E-state index in [1.165, 1.54) is 0 Å². The number of aliphatic carboxylic acids is 1. The van der Waals surface area contributed by atoms with Crippen LogP contribution in [-0.2, 0) is 10.2 Å². The zero-order valence-corrected chi connectivity index (χ0v) is 13.0. The van der Waals surface area contributed by atoms with Crippen molar-refractivity contribution in [2.24, 2.45) is 0 Å². The van der Waals surface area contributed by atoms with E-state index in [-0.39, 0.29) is 17.9 Å². The van der Waals surface area contributed by atoms with E-state index in [4.69, 9.17) is 16.7 Å². The first-order valence-electron chi connectivity index (χ1n) is 6.81. The molecule has 6 heteroatoms. The lowest BCUT2D eigenvalue weighted by Gasteiger charge is -2.25. The monoisotopic (exact) mass is 312 g/mol. The van der Waals surface area contributed by atoms with Crippen molar-refractivity contribution in [3.8, 4) is 0 Å². The Morgan fingerprint density at radius 2 is 1.81 bits per heavy atom. The van der Waals surface area contributed by atoms with Crippen molar-refractivity contribution >= 4 is 23.6 Å². The summed E-state index contributed by atoms with van der Waals surface area (Å²) in [5.74, 6) is -0.860. The van der Waals surface area contributed by atoms with Crippen LogP contribution in [0.1, 0.15) is 32.3 Å². The van der Waals surface area contributed by atoms with Crippen molar-refractivity contribution in [1.82, 2.24) is 10.6 Å². The van der Waals surface area contributed by atoms with Gasteiger partial charge in [-0.1, -0.05) is 37.6 Å². The van der Waals surface area contributed by atoms with Crippen LogP contribution in [0, 0.1) is 0 Å². The number of carbonyl (C=O) groups excluding carboxylic acids is 1. The van der Waals surface area contributed by atoms with Crippen molar-refractivity contribution in [2.75, 3.05) is 13.1 Å². The van der Waals surface area contributed by atoms with Crippen molar-refractivity contribution in [1.29, 1.82) is 0 Å². The third kappa shape index (κ3) is 6.49. The highest BCUT2D eigenvalue weighted by Gasteiger charge is 2.21. The first kappa shape index (κ1) is 17.3. The van der Waals surface area contributed by atoms with Crippen LogP contribution in [-0.4, -0.2) is 30.2 Å². The van der Waals surface area contributed by atoms with Crippen LogP contribution in [0.2, 0.25) is 5.02 Å². The fourth-order valence-electron chi connectivity index (χ4n) is 1.81. The molecule has 5 nitrogen and oxygen atoms in total. The molecule has 0 aromatic heterocycles. The average molecular weight is 313 g/mol. The molecule has 2 amide bonds. The molecule has 116 valence electrons. The maximum atomic E-state index is 11.6. The molecule has 0 aliphatic heterocycles. The Hall–Kier alpha value is -1.75. The number of carbonyl (C=O) groups is 2. The SMILES string of the molecule is CC(C)(CNC(=O)NCCCC(=O)O)c1ccc(Cl)cc1. The van der Waals surface area contributed by atoms with Gasteiger partial charge in [-0.2, -0.15) is 0 Å². The number of carboxylic acid groups (broad SMARTS) is 1. The number of urea groups is 1. The number of carboxylic acids is 1. The molecule has 0 saturated heterocycles. The van der Waals surface area contributed by atoms with Crippen LogP contribution in [0.5, 0.6) is 0 Å². The molecule has 0 aliphatic carbocycles. The molecule has 3 N–H and O–H groups in total. The predicted molar refractivity (Wildman–Crippen MR) is 82.7 cm³/mol. The van der Waals surface area contributed by atoms with Gasteiger partial charge in [0.1, 0.15) is 0 Å². The van der Waals surface area contributed by atoms with Gasteiger partial charge >= 0.3 is 12.0 Å². The highest BCUT2D eigenvalue weighted by Crippen LogP contribution is 2.23. The zero-order valence-electron chi connectivity index (χ0n) is 12.3. The first-order valence-corrected chi connectivity index (χ1v) is 7.18. The van der Waals surface area contributed by atoms with Crippen LogP contribution >= 0.6 is 11.6 Å². The Kier molecular flexibility index (Phi) is 6.49. The van der Waals surface area contributed by atoms with Crippen LogP contribution in [0.15, 0.2) is 24.3 Å². The number of halogens is 1. The largest absolute Gasteiger partial charge is 0.481 e. The minimum Gasteiger partial charge on any atom is -0.481 e. The molecule has 0 heterocycles. The lowest BCUT2D eigenvalue weighted by Crippen LogP contribution is -2.42. The van der Waals surface area contributed by atoms with E-state index in [0.29, 0.717) is 24.5 Å². The Morgan fingerprint density at radius 3 is 2.38 bits per heavy atom. The van der Waals surface area contributed by atoms with Crippen LogP contribution in [0.25, 0.3) is 0 Å². The predicted octanol–water partition coefficient (Wildman–Crippen LogP) is 2.78. The second-order valence-corrected chi connectivity index (χ2v) is 5.93. The molecule has 1 aromatic carbocycles. The van der Waals surface area contributed by atoms with Gasteiger partial charge in [0.25, 0.3) is 0 Å². The molecule has 1 aromatic rings. The van der Waals surface area contributed by atoms with Gasteiger partial charge in [-0.3, -0.25) is 4.79 Å². The molecule has 0 saturated carbocycles. The minimum atomic E-state index is -0.860. The Labute approximate surface area is 129 Å². The second kappa shape index (κ2) is 7.88. The van der Waals surface area contributed by atoms with Gasteiger partial charge in [0.05, 0.1) is 0 Å². The second-order valence-electron chi connectivity index (χ2n) is 5.50. The molecular weight excluding hydrogens is 292 g/mol. The topological polar surface area (TPSA) is 78.4 Å². The number of amides is 2. The van der Waals surface area contributed by atoms with Crippen molar-refractivity contribution in [2.45, 2.75) is 32.1 Å². The summed E-state index contributed by atoms with van der Waals surface area (Å²) in [5.41, 5.74) is 0.862. The fourth-order valence-corrected chi connectivity index (χ4v) is 1.93. The van der Waals surface area contributed by atoms with Crippen LogP contribution in [0.3, 0.4) is 0 Å². The smallest absolute Gasteiger partial charge is 0.314 e. The highest BCUT2D eigenvalue weighted by molar-refractivity contribution is 6.30. The summed E-state index contributed by atoms with van der Waals surface area (Å²) in [6, 6.07) is 7.24. The van der Waals surface area contributed by atoms with Gasteiger partial charge in [-0.05, 0) is 24.1 Å². The molecular formula is C15H21ClN2O3. The molecule has 0 aliphatic rings. The van der Waals surface area contributed by atoms with Gasteiger partial charge in [-0.15, -0.1) is 0 Å². The minimum absolute atomic E-state index is 0.0521. The summed E-state index contributed by atoms with van der Waals surface area (Å²) in [7, 11) is 0. The summed E-state index contributed by atoms with van der Waals surface area (Å²) in [5, 5.41) is 14.6. The molecule has 0 bridgehead atoms. The summed E-state index contributed by atoms with van der Waals surface area (Å²) in [4.78, 5) is 22.0. The van der Waals surface area contributed by atoms with E-state index < -0.39 is 5.97 Å². The van der Waals surface area contributed by atoms with Gasteiger partial charge in [0.15, 0.2) is 0 Å². The summed E-state index contributed by atoms with van der Waals surface area (Å²) < 4.78 is 0. The van der Waals surface area contributed by atoms with Gasteiger partial charge in [0, 0.05) is 29.9 Å². The lowest BCUT2D eigenvalue weighted by molar-refractivity contribution is -0.137.